The zero-order valence-corrected chi connectivity index (χ0v) is 14.3. The lowest BCUT2D eigenvalue weighted by Crippen LogP contribution is -2.24. The molecule has 0 spiro atoms. The number of carboxylic acids is 2. The molecule has 0 aliphatic heterocycles. The summed E-state index contributed by atoms with van der Waals surface area (Å²) >= 11 is 0. The van der Waals surface area contributed by atoms with Crippen molar-refractivity contribution in [2.45, 2.75) is 32.7 Å². The number of unbranched alkanes of at least 4 members (excludes halogenated alkanes) is 2. The van der Waals surface area contributed by atoms with Crippen LogP contribution in [0.15, 0.2) is 48.5 Å². The summed E-state index contributed by atoms with van der Waals surface area (Å²) in [5.74, 6) is -1.87. The second kappa shape index (κ2) is 8.87. The number of rotatable bonds is 9. The van der Waals surface area contributed by atoms with Crippen molar-refractivity contribution in [1.29, 1.82) is 0 Å². The lowest BCUT2D eigenvalue weighted by atomic mass is 10.1. The molecular weight excluding hydrogens is 318 g/mol. The summed E-state index contributed by atoms with van der Waals surface area (Å²) in [7, 11) is 0. The first-order valence-corrected chi connectivity index (χ1v) is 8.41. The Morgan fingerprint density at radius 1 is 0.840 bits per heavy atom. The Hall–Kier alpha value is -2.82. The average molecular weight is 341 g/mol. The fraction of sp³-hybridized carbons (Fsp3) is 0.300. The maximum Gasteiger partial charge on any atom is 0.335 e. The van der Waals surface area contributed by atoms with Gasteiger partial charge in [0.2, 0.25) is 0 Å². The molecule has 0 saturated heterocycles. The van der Waals surface area contributed by atoms with Gasteiger partial charge in [0.1, 0.15) is 0 Å². The van der Waals surface area contributed by atoms with Crippen molar-refractivity contribution >= 4 is 17.6 Å². The molecule has 0 heterocycles. The van der Waals surface area contributed by atoms with Crippen molar-refractivity contribution in [1.82, 2.24) is 0 Å². The number of nitrogens with zero attached hydrogens (tertiary/aromatic N) is 1. The van der Waals surface area contributed by atoms with E-state index in [4.69, 9.17) is 10.2 Å². The lowest BCUT2D eigenvalue weighted by molar-refractivity contribution is 0.0686. The fourth-order valence-electron chi connectivity index (χ4n) is 2.64. The van der Waals surface area contributed by atoms with Gasteiger partial charge in [-0.05, 0) is 48.4 Å². The Bertz CT molecular complexity index is 707. The number of aromatic carboxylic acids is 2. The van der Waals surface area contributed by atoms with Crippen LogP contribution >= 0.6 is 0 Å². The van der Waals surface area contributed by atoms with E-state index in [1.165, 1.54) is 0 Å². The van der Waals surface area contributed by atoms with Gasteiger partial charge in [-0.25, -0.2) is 9.59 Å². The molecule has 0 aliphatic rings. The van der Waals surface area contributed by atoms with Crippen LogP contribution in [0.1, 0.15) is 52.5 Å². The van der Waals surface area contributed by atoms with Crippen molar-refractivity contribution in [3.8, 4) is 0 Å². The van der Waals surface area contributed by atoms with Crippen LogP contribution in [-0.2, 0) is 6.54 Å². The molecule has 0 aliphatic carbocycles. The SMILES string of the molecule is CCCCCN(Cc1ccc(C(=O)O)cc1)c1ccc(C(=O)O)cc1. The predicted molar refractivity (Wildman–Crippen MR) is 97.4 cm³/mol. The molecular formula is C20H23NO4. The molecule has 2 aromatic carbocycles. The van der Waals surface area contributed by atoms with Crippen LogP contribution in [-0.4, -0.2) is 28.7 Å². The van der Waals surface area contributed by atoms with Crippen molar-refractivity contribution in [3.63, 3.8) is 0 Å². The normalized spacial score (nSPS) is 10.4. The van der Waals surface area contributed by atoms with Crippen molar-refractivity contribution in [2.75, 3.05) is 11.4 Å². The van der Waals surface area contributed by atoms with Gasteiger partial charge in [0.25, 0.3) is 0 Å². The zero-order valence-electron chi connectivity index (χ0n) is 14.3. The predicted octanol–water partition coefficient (Wildman–Crippen LogP) is 4.28. The van der Waals surface area contributed by atoms with Crippen LogP contribution < -0.4 is 4.90 Å². The largest absolute Gasteiger partial charge is 0.478 e. The third-order valence-electron chi connectivity index (χ3n) is 4.09. The Morgan fingerprint density at radius 2 is 1.36 bits per heavy atom. The second-order valence-corrected chi connectivity index (χ2v) is 5.98. The summed E-state index contributed by atoms with van der Waals surface area (Å²) in [6.07, 6.45) is 3.30. The van der Waals surface area contributed by atoms with E-state index < -0.39 is 11.9 Å². The van der Waals surface area contributed by atoms with E-state index in [-0.39, 0.29) is 11.1 Å². The molecule has 0 fully saturated rings. The van der Waals surface area contributed by atoms with E-state index in [1.807, 2.05) is 24.3 Å². The van der Waals surface area contributed by atoms with Gasteiger partial charge >= 0.3 is 11.9 Å². The molecule has 132 valence electrons. The second-order valence-electron chi connectivity index (χ2n) is 5.98. The van der Waals surface area contributed by atoms with Crippen molar-refractivity contribution < 1.29 is 19.8 Å². The Morgan fingerprint density at radius 3 is 1.84 bits per heavy atom. The van der Waals surface area contributed by atoms with E-state index >= 15 is 0 Å². The maximum atomic E-state index is 11.0. The minimum Gasteiger partial charge on any atom is -0.478 e. The molecule has 2 rings (SSSR count). The quantitative estimate of drug-likeness (QED) is 0.666. The topological polar surface area (TPSA) is 77.8 Å². The monoisotopic (exact) mass is 341 g/mol. The number of hydrogen-bond acceptors (Lipinski definition) is 3. The number of anilines is 1. The number of carbonyl (C=O) groups is 2. The molecule has 0 amide bonds. The van der Waals surface area contributed by atoms with Gasteiger partial charge in [0, 0.05) is 18.8 Å². The summed E-state index contributed by atoms with van der Waals surface area (Å²) in [6.45, 7) is 3.66. The summed E-state index contributed by atoms with van der Waals surface area (Å²) < 4.78 is 0. The standard InChI is InChI=1S/C20H23NO4/c1-2-3-4-13-21(18-11-9-17(10-12-18)20(24)25)14-15-5-7-16(8-6-15)19(22)23/h5-12H,2-4,13-14H2,1H3,(H,22,23)(H,24,25). The molecule has 0 radical (unpaired) electrons. The van der Waals surface area contributed by atoms with Crippen LogP contribution in [0.5, 0.6) is 0 Å². The highest BCUT2D eigenvalue weighted by molar-refractivity contribution is 5.88. The molecule has 25 heavy (non-hydrogen) atoms. The van der Waals surface area contributed by atoms with Gasteiger partial charge in [-0.1, -0.05) is 31.9 Å². The van der Waals surface area contributed by atoms with Gasteiger partial charge in [-0.2, -0.15) is 0 Å². The zero-order chi connectivity index (χ0) is 18.2. The van der Waals surface area contributed by atoms with Crippen LogP contribution in [0.25, 0.3) is 0 Å². The summed E-state index contributed by atoms with van der Waals surface area (Å²) in [6, 6.07) is 13.7. The van der Waals surface area contributed by atoms with Gasteiger partial charge in [-0.3, -0.25) is 0 Å². The van der Waals surface area contributed by atoms with Crippen molar-refractivity contribution in [2.24, 2.45) is 0 Å². The van der Waals surface area contributed by atoms with Gasteiger partial charge in [0.05, 0.1) is 11.1 Å². The van der Waals surface area contributed by atoms with E-state index in [9.17, 15) is 9.59 Å². The Labute approximate surface area is 147 Å². The highest BCUT2D eigenvalue weighted by Gasteiger charge is 2.10. The summed E-state index contributed by atoms with van der Waals surface area (Å²) in [4.78, 5) is 24.2. The van der Waals surface area contributed by atoms with Crippen LogP contribution in [0, 0.1) is 0 Å². The van der Waals surface area contributed by atoms with E-state index in [0.29, 0.717) is 6.54 Å². The third kappa shape index (κ3) is 5.35. The van der Waals surface area contributed by atoms with Crippen LogP contribution in [0.3, 0.4) is 0 Å². The molecule has 2 aromatic rings. The molecule has 0 bridgehead atoms. The van der Waals surface area contributed by atoms with Gasteiger partial charge < -0.3 is 15.1 Å². The smallest absolute Gasteiger partial charge is 0.335 e. The molecule has 2 N–H and O–H groups in total. The first-order chi connectivity index (χ1) is 12.0. The minimum absolute atomic E-state index is 0.267. The summed E-state index contributed by atoms with van der Waals surface area (Å²) in [5, 5.41) is 18.0. The Balaban J connectivity index is 2.16. The number of hydrogen-bond donors (Lipinski definition) is 2. The van der Waals surface area contributed by atoms with E-state index in [0.717, 1.165) is 37.1 Å². The highest BCUT2D eigenvalue weighted by Crippen LogP contribution is 2.20. The summed E-state index contributed by atoms with van der Waals surface area (Å²) in [5.41, 5.74) is 2.52. The first kappa shape index (κ1) is 18.5. The molecule has 0 unspecified atom stereocenters. The van der Waals surface area contributed by atoms with E-state index in [2.05, 4.69) is 11.8 Å². The third-order valence-corrected chi connectivity index (χ3v) is 4.09. The number of carboxylic acid groups (broad SMARTS) is 2. The molecule has 0 atom stereocenters. The molecule has 0 saturated carbocycles. The lowest BCUT2D eigenvalue weighted by Gasteiger charge is -2.25. The van der Waals surface area contributed by atoms with Gasteiger partial charge in [0.15, 0.2) is 0 Å². The molecule has 0 aromatic heterocycles. The van der Waals surface area contributed by atoms with E-state index in [1.54, 1.807) is 24.3 Å². The molecule has 5 nitrogen and oxygen atoms in total. The van der Waals surface area contributed by atoms with Crippen LogP contribution in [0.4, 0.5) is 5.69 Å². The average Bonchev–Trinajstić information content (AvgIpc) is 2.61. The Kier molecular flexibility index (Phi) is 6.57. The fourth-order valence-corrected chi connectivity index (χ4v) is 2.64. The van der Waals surface area contributed by atoms with Gasteiger partial charge in [-0.15, -0.1) is 0 Å². The van der Waals surface area contributed by atoms with Crippen molar-refractivity contribution in [3.05, 3.63) is 65.2 Å². The number of benzene rings is 2. The minimum atomic E-state index is -0.937. The molecule has 5 heteroatoms. The van der Waals surface area contributed by atoms with Crippen LogP contribution in [0.2, 0.25) is 0 Å². The maximum absolute atomic E-state index is 11.0. The highest BCUT2D eigenvalue weighted by atomic mass is 16.4. The first-order valence-electron chi connectivity index (χ1n) is 8.41.